The smallest absolute Gasteiger partial charge is 0.332 e. The summed E-state index contributed by atoms with van der Waals surface area (Å²) in [4.78, 5) is 22.1. The summed E-state index contributed by atoms with van der Waals surface area (Å²) in [6.07, 6.45) is -1.72. The number of hydrogen-bond acceptors (Lipinski definition) is 4. The normalized spacial score (nSPS) is 12.0. The molecular weight excluding hydrogens is 306 g/mol. The van der Waals surface area contributed by atoms with Gasteiger partial charge in [0.25, 0.3) is 5.76 Å². The first-order chi connectivity index (χ1) is 9.90. The number of urea groups is 1. The molecule has 0 fully saturated rings. The number of carbonyl (C=O) groups is 2. The molecule has 21 heavy (non-hydrogen) atoms. The Morgan fingerprint density at radius 1 is 1.29 bits per heavy atom. The Labute approximate surface area is 123 Å². The van der Waals surface area contributed by atoms with Gasteiger partial charge in [-0.2, -0.15) is 8.78 Å². The third-order valence-electron chi connectivity index (χ3n) is 2.34. The van der Waals surface area contributed by atoms with Crippen LogP contribution in [0.3, 0.4) is 0 Å². The van der Waals surface area contributed by atoms with Crippen LogP contribution in [0.1, 0.15) is 6.42 Å². The van der Waals surface area contributed by atoms with E-state index in [1.165, 1.54) is 12.1 Å². The van der Waals surface area contributed by atoms with Gasteiger partial charge < -0.3 is 20.8 Å². The van der Waals surface area contributed by atoms with Crippen molar-refractivity contribution in [2.45, 2.75) is 23.2 Å². The first kappa shape index (κ1) is 17.2. The number of carboxylic acid groups (broad SMARTS) is 1. The molecule has 9 heteroatoms. The van der Waals surface area contributed by atoms with Gasteiger partial charge >= 0.3 is 12.0 Å². The fraction of sp³-hybridized carbons (Fsp3) is 0.333. The number of halogens is 2. The quantitative estimate of drug-likeness (QED) is 0.576. The van der Waals surface area contributed by atoms with Crippen molar-refractivity contribution in [1.29, 1.82) is 0 Å². The van der Waals surface area contributed by atoms with Gasteiger partial charge in [-0.3, -0.25) is 0 Å². The van der Waals surface area contributed by atoms with Crippen molar-refractivity contribution in [2.75, 3.05) is 11.9 Å². The Hall–Kier alpha value is -1.87. The monoisotopic (exact) mass is 320 g/mol. The van der Waals surface area contributed by atoms with E-state index in [9.17, 15) is 18.4 Å². The number of benzene rings is 1. The molecule has 1 aromatic rings. The second-order valence-corrected chi connectivity index (χ2v) is 4.93. The van der Waals surface area contributed by atoms with Gasteiger partial charge in [-0.15, -0.1) is 0 Å². The number of para-hydroxylation sites is 1. The maximum Gasteiger partial charge on any atom is 0.332 e. The maximum atomic E-state index is 12.4. The van der Waals surface area contributed by atoms with Gasteiger partial charge in [0.15, 0.2) is 6.10 Å². The van der Waals surface area contributed by atoms with E-state index >= 15 is 0 Å². The molecule has 4 N–H and O–H groups in total. The van der Waals surface area contributed by atoms with E-state index in [-0.39, 0.29) is 23.5 Å². The average Bonchev–Trinajstić information content (AvgIpc) is 2.40. The Kier molecular flexibility index (Phi) is 6.89. The Morgan fingerprint density at radius 2 is 1.95 bits per heavy atom. The number of aliphatic hydroxyl groups excluding tert-OH is 1. The largest absolute Gasteiger partial charge is 0.479 e. The van der Waals surface area contributed by atoms with Crippen molar-refractivity contribution in [3.8, 4) is 0 Å². The van der Waals surface area contributed by atoms with Gasteiger partial charge in [0.05, 0.1) is 5.69 Å². The highest BCUT2D eigenvalue weighted by Gasteiger charge is 2.14. The summed E-state index contributed by atoms with van der Waals surface area (Å²) in [5, 5.41) is 22.2. The number of alkyl halides is 2. The van der Waals surface area contributed by atoms with Crippen LogP contribution in [0.15, 0.2) is 29.2 Å². The number of carbonyl (C=O) groups excluding carboxylic acids is 1. The summed E-state index contributed by atoms with van der Waals surface area (Å²) in [6.45, 7) is -0.0660. The van der Waals surface area contributed by atoms with Gasteiger partial charge in [0.1, 0.15) is 0 Å². The van der Waals surface area contributed by atoms with Crippen molar-refractivity contribution in [3.05, 3.63) is 24.3 Å². The van der Waals surface area contributed by atoms with Crippen LogP contribution in [0.2, 0.25) is 0 Å². The fourth-order valence-electron chi connectivity index (χ4n) is 1.38. The topological polar surface area (TPSA) is 98.7 Å². The number of hydrogen-bond donors (Lipinski definition) is 4. The number of aliphatic hydroxyl groups is 1. The molecule has 1 aromatic carbocycles. The van der Waals surface area contributed by atoms with E-state index in [0.29, 0.717) is 11.8 Å². The highest BCUT2D eigenvalue weighted by Crippen LogP contribution is 2.31. The predicted molar refractivity (Wildman–Crippen MR) is 73.6 cm³/mol. The maximum absolute atomic E-state index is 12.4. The second-order valence-electron chi connectivity index (χ2n) is 3.90. The minimum Gasteiger partial charge on any atom is -0.479 e. The minimum atomic E-state index is -2.61. The van der Waals surface area contributed by atoms with Crippen molar-refractivity contribution in [3.63, 3.8) is 0 Å². The average molecular weight is 320 g/mol. The number of aliphatic carboxylic acids is 1. The van der Waals surface area contributed by atoms with Crippen molar-refractivity contribution in [2.24, 2.45) is 0 Å². The second kappa shape index (κ2) is 8.42. The van der Waals surface area contributed by atoms with Crippen LogP contribution in [0, 0.1) is 0 Å². The third-order valence-corrected chi connectivity index (χ3v) is 3.13. The number of thioether (sulfide) groups is 1. The molecule has 6 nitrogen and oxygen atoms in total. The molecule has 0 heterocycles. The van der Waals surface area contributed by atoms with E-state index < -0.39 is 23.9 Å². The molecular formula is C12H14F2N2O4S. The molecule has 0 aliphatic carbocycles. The molecule has 2 amide bonds. The van der Waals surface area contributed by atoms with Gasteiger partial charge in [-0.25, -0.2) is 9.59 Å². The summed E-state index contributed by atoms with van der Waals surface area (Å²) < 4.78 is 24.7. The molecule has 0 saturated carbocycles. The molecule has 0 saturated heterocycles. The highest BCUT2D eigenvalue weighted by atomic mass is 32.2. The summed E-state index contributed by atoms with van der Waals surface area (Å²) in [7, 11) is 0. The molecule has 1 atom stereocenters. The standard InChI is InChI=1S/C12H14F2N2O4S/c13-11(14)21-9-4-2-1-3-7(9)16-12(20)15-6-5-8(17)10(18)19/h1-4,8,11,17H,5-6H2,(H,18,19)(H2,15,16,20)/t8-/m0/s1. The molecule has 0 aliphatic heterocycles. The molecule has 0 aromatic heterocycles. The van der Waals surface area contributed by atoms with Crippen molar-refractivity contribution < 1.29 is 28.6 Å². The summed E-state index contributed by atoms with van der Waals surface area (Å²) in [6, 6.07) is 5.39. The highest BCUT2D eigenvalue weighted by molar-refractivity contribution is 7.99. The van der Waals surface area contributed by atoms with Crippen LogP contribution >= 0.6 is 11.8 Å². The molecule has 0 spiro atoms. The zero-order valence-electron chi connectivity index (χ0n) is 10.8. The number of nitrogens with one attached hydrogen (secondary N) is 2. The minimum absolute atomic E-state index is 0.0660. The van der Waals surface area contributed by atoms with Gasteiger partial charge in [0.2, 0.25) is 0 Å². The number of amides is 2. The number of carboxylic acids is 1. The lowest BCUT2D eigenvalue weighted by atomic mass is 10.2. The van der Waals surface area contributed by atoms with Crippen LogP contribution in [-0.4, -0.2) is 40.6 Å². The number of rotatable bonds is 7. The van der Waals surface area contributed by atoms with E-state index in [1.54, 1.807) is 12.1 Å². The van der Waals surface area contributed by atoms with E-state index in [1.807, 2.05) is 0 Å². The lowest BCUT2D eigenvalue weighted by molar-refractivity contribution is -0.146. The van der Waals surface area contributed by atoms with E-state index in [2.05, 4.69) is 10.6 Å². The Morgan fingerprint density at radius 3 is 2.57 bits per heavy atom. The Bertz CT molecular complexity index is 502. The molecule has 0 aliphatic rings. The zero-order valence-corrected chi connectivity index (χ0v) is 11.6. The van der Waals surface area contributed by atoms with Crippen LogP contribution in [0.5, 0.6) is 0 Å². The van der Waals surface area contributed by atoms with Crippen LogP contribution in [0.4, 0.5) is 19.3 Å². The van der Waals surface area contributed by atoms with Gasteiger partial charge in [-0.1, -0.05) is 23.9 Å². The lowest BCUT2D eigenvalue weighted by Gasteiger charge is -2.12. The molecule has 0 bridgehead atoms. The van der Waals surface area contributed by atoms with Crippen LogP contribution in [-0.2, 0) is 4.79 Å². The van der Waals surface area contributed by atoms with E-state index in [4.69, 9.17) is 10.2 Å². The van der Waals surface area contributed by atoms with Gasteiger partial charge in [0, 0.05) is 17.9 Å². The summed E-state index contributed by atoms with van der Waals surface area (Å²) >= 11 is 0.306. The third kappa shape index (κ3) is 6.41. The van der Waals surface area contributed by atoms with Crippen molar-refractivity contribution in [1.82, 2.24) is 5.32 Å². The van der Waals surface area contributed by atoms with Crippen LogP contribution in [0.25, 0.3) is 0 Å². The zero-order chi connectivity index (χ0) is 15.8. The summed E-state index contributed by atoms with van der Waals surface area (Å²) in [5.74, 6) is -3.99. The predicted octanol–water partition coefficient (Wildman–Crippen LogP) is 1.96. The van der Waals surface area contributed by atoms with Gasteiger partial charge in [-0.05, 0) is 12.1 Å². The molecule has 0 radical (unpaired) electrons. The summed E-state index contributed by atoms with van der Waals surface area (Å²) in [5.41, 5.74) is 0.221. The van der Waals surface area contributed by atoms with E-state index in [0.717, 1.165) is 0 Å². The molecule has 1 rings (SSSR count). The Balaban J connectivity index is 2.49. The molecule has 0 unspecified atom stereocenters. The first-order valence-electron chi connectivity index (χ1n) is 5.89. The number of anilines is 1. The van der Waals surface area contributed by atoms with Crippen molar-refractivity contribution >= 4 is 29.4 Å². The fourth-order valence-corrected chi connectivity index (χ4v) is 1.98. The lowest BCUT2D eigenvalue weighted by Crippen LogP contribution is -2.33. The SMILES string of the molecule is O=C(NCC[C@H](O)C(=O)O)Nc1ccccc1SC(F)F. The molecule has 116 valence electrons. The first-order valence-corrected chi connectivity index (χ1v) is 6.77. The van der Waals surface area contributed by atoms with Crippen LogP contribution < -0.4 is 10.6 Å².